The fraction of sp³-hybridized carbons (Fsp3) is 0.333. The lowest BCUT2D eigenvalue weighted by Crippen LogP contribution is -2.14. The van der Waals surface area contributed by atoms with Gasteiger partial charge in [0.05, 0.1) is 4.47 Å². The maximum absolute atomic E-state index is 6.09. The summed E-state index contributed by atoms with van der Waals surface area (Å²) in [5.74, 6) is 0.951. The molecule has 0 aliphatic heterocycles. The minimum Gasteiger partial charge on any atom is -0.487 e. The van der Waals surface area contributed by atoms with E-state index in [4.69, 9.17) is 4.74 Å². The van der Waals surface area contributed by atoms with Gasteiger partial charge in [0.2, 0.25) is 0 Å². The molecule has 0 spiro atoms. The third-order valence-electron chi connectivity index (χ3n) is 3.22. The lowest BCUT2D eigenvalue weighted by Gasteiger charge is -2.24. The SMILES string of the molecule is Cc1cc(Br)c(OCc2ccccc2)c(C(C)(C)C)c1. The molecule has 0 aromatic heterocycles. The quantitative estimate of drug-likeness (QED) is 0.707. The van der Waals surface area contributed by atoms with Crippen molar-refractivity contribution in [2.45, 2.75) is 39.7 Å². The lowest BCUT2D eigenvalue weighted by molar-refractivity contribution is 0.295. The molecule has 0 unspecified atom stereocenters. The van der Waals surface area contributed by atoms with Gasteiger partial charge in [-0.05, 0) is 45.5 Å². The summed E-state index contributed by atoms with van der Waals surface area (Å²) in [6.45, 7) is 9.34. The monoisotopic (exact) mass is 332 g/mol. The minimum absolute atomic E-state index is 0.0561. The third-order valence-corrected chi connectivity index (χ3v) is 3.81. The molecule has 106 valence electrons. The molecule has 0 aliphatic rings. The van der Waals surface area contributed by atoms with Gasteiger partial charge in [0.25, 0.3) is 0 Å². The van der Waals surface area contributed by atoms with Crippen LogP contribution in [-0.2, 0) is 12.0 Å². The van der Waals surface area contributed by atoms with E-state index in [1.165, 1.54) is 16.7 Å². The Morgan fingerprint density at radius 1 is 1.05 bits per heavy atom. The molecule has 20 heavy (non-hydrogen) atoms. The average molecular weight is 333 g/mol. The molecule has 2 aromatic rings. The van der Waals surface area contributed by atoms with Crippen molar-refractivity contribution in [3.63, 3.8) is 0 Å². The minimum atomic E-state index is 0.0561. The Hall–Kier alpha value is -1.28. The van der Waals surface area contributed by atoms with Crippen LogP contribution in [0.2, 0.25) is 0 Å². The Labute approximate surface area is 130 Å². The highest BCUT2D eigenvalue weighted by atomic mass is 79.9. The first-order valence-electron chi connectivity index (χ1n) is 6.85. The topological polar surface area (TPSA) is 9.23 Å². The van der Waals surface area contributed by atoms with Crippen molar-refractivity contribution in [1.82, 2.24) is 0 Å². The van der Waals surface area contributed by atoms with Crippen LogP contribution in [0.25, 0.3) is 0 Å². The summed E-state index contributed by atoms with van der Waals surface area (Å²) in [6, 6.07) is 14.6. The molecule has 2 aromatic carbocycles. The molecule has 1 nitrogen and oxygen atoms in total. The smallest absolute Gasteiger partial charge is 0.137 e. The van der Waals surface area contributed by atoms with E-state index in [1.807, 2.05) is 18.2 Å². The van der Waals surface area contributed by atoms with Gasteiger partial charge in [-0.3, -0.25) is 0 Å². The molecular weight excluding hydrogens is 312 g/mol. The van der Waals surface area contributed by atoms with Crippen molar-refractivity contribution in [3.05, 3.63) is 63.6 Å². The number of rotatable bonds is 3. The molecular formula is C18H21BrO. The van der Waals surface area contributed by atoms with E-state index < -0.39 is 0 Å². The zero-order chi connectivity index (χ0) is 14.8. The first-order valence-corrected chi connectivity index (χ1v) is 7.64. The van der Waals surface area contributed by atoms with Gasteiger partial charge in [0.1, 0.15) is 12.4 Å². The van der Waals surface area contributed by atoms with E-state index in [9.17, 15) is 0 Å². The van der Waals surface area contributed by atoms with E-state index in [1.54, 1.807) is 0 Å². The second kappa shape index (κ2) is 6.01. The molecule has 0 aliphatic carbocycles. The van der Waals surface area contributed by atoms with Crippen molar-refractivity contribution in [3.8, 4) is 5.75 Å². The van der Waals surface area contributed by atoms with Crippen LogP contribution in [0.1, 0.15) is 37.5 Å². The van der Waals surface area contributed by atoms with Crippen LogP contribution in [0.5, 0.6) is 5.75 Å². The van der Waals surface area contributed by atoms with Crippen LogP contribution in [0.4, 0.5) is 0 Å². The molecule has 2 heteroatoms. The van der Waals surface area contributed by atoms with Gasteiger partial charge in [0.15, 0.2) is 0 Å². The molecule has 0 saturated heterocycles. The summed E-state index contributed by atoms with van der Waals surface area (Å²) in [5, 5.41) is 0. The van der Waals surface area contributed by atoms with Crippen molar-refractivity contribution < 1.29 is 4.74 Å². The molecule has 0 amide bonds. The Morgan fingerprint density at radius 3 is 2.30 bits per heavy atom. The second-order valence-electron chi connectivity index (χ2n) is 6.15. The maximum Gasteiger partial charge on any atom is 0.137 e. The van der Waals surface area contributed by atoms with Crippen molar-refractivity contribution >= 4 is 15.9 Å². The van der Waals surface area contributed by atoms with Gasteiger partial charge in [-0.1, -0.05) is 57.2 Å². The summed E-state index contributed by atoms with van der Waals surface area (Å²) in [5.41, 5.74) is 3.72. The van der Waals surface area contributed by atoms with Gasteiger partial charge in [-0.25, -0.2) is 0 Å². The van der Waals surface area contributed by atoms with Crippen LogP contribution in [0, 0.1) is 6.92 Å². The highest BCUT2D eigenvalue weighted by Crippen LogP contribution is 2.38. The van der Waals surface area contributed by atoms with Crippen molar-refractivity contribution in [1.29, 1.82) is 0 Å². The van der Waals surface area contributed by atoms with Gasteiger partial charge < -0.3 is 4.74 Å². The van der Waals surface area contributed by atoms with Crippen LogP contribution >= 0.6 is 15.9 Å². The Kier molecular flexibility index (Phi) is 4.54. The van der Waals surface area contributed by atoms with E-state index in [0.29, 0.717) is 6.61 Å². The number of halogens is 1. The van der Waals surface area contributed by atoms with E-state index in [-0.39, 0.29) is 5.41 Å². The van der Waals surface area contributed by atoms with Gasteiger partial charge in [-0.15, -0.1) is 0 Å². The van der Waals surface area contributed by atoms with Crippen LogP contribution in [-0.4, -0.2) is 0 Å². The molecule has 0 atom stereocenters. The molecule has 0 saturated carbocycles. The lowest BCUT2D eigenvalue weighted by atomic mass is 9.85. The number of benzene rings is 2. The molecule has 0 bridgehead atoms. The van der Waals surface area contributed by atoms with Gasteiger partial charge in [0, 0.05) is 5.56 Å². The highest BCUT2D eigenvalue weighted by molar-refractivity contribution is 9.10. The Bertz CT molecular complexity index is 582. The number of hydrogen-bond donors (Lipinski definition) is 0. The van der Waals surface area contributed by atoms with E-state index in [2.05, 4.69) is 67.9 Å². The number of aryl methyl sites for hydroxylation is 1. The Balaban J connectivity index is 2.31. The standard InChI is InChI=1S/C18H21BrO/c1-13-10-15(18(2,3)4)17(16(19)11-13)20-12-14-8-6-5-7-9-14/h5-11H,12H2,1-4H3. The molecule has 0 heterocycles. The normalized spacial score (nSPS) is 11.4. The summed E-state index contributed by atoms with van der Waals surface area (Å²) in [6.07, 6.45) is 0. The first kappa shape index (κ1) is 15.1. The zero-order valence-corrected chi connectivity index (χ0v) is 14.1. The summed E-state index contributed by atoms with van der Waals surface area (Å²) >= 11 is 3.64. The van der Waals surface area contributed by atoms with Crippen LogP contribution in [0.15, 0.2) is 46.9 Å². The number of hydrogen-bond acceptors (Lipinski definition) is 1. The van der Waals surface area contributed by atoms with E-state index in [0.717, 1.165) is 10.2 Å². The fourth-order valence-electron chi connectivity index (χ4n) is 2.16. The molecule has 0 radical (unpaired) electrons. The van der Waals surface area contributed by atoms with Crippen LogP contribution in [0.3, 0.4) is 0 Å². The fourth-order valence-corrected chi connectivity index (χ4v) is 2.85. The largest absolute Gasteiger partial charge is 0.487 e. The van der Waals surface area contributed by atoms with Gasteiger partial charge in [-0.2, -0.15) is 0 Å². The molecule has 2 rings (SSSR count). The maximum atomic E-state index is 6.09. The zero-order valence-electron chi connectivity index (χ0n) is 12.5. The van der Waals surface area contributed by atoms with Gasteiger partial charge >= 0.3 is 0 Å². The molecule has 0 fully saturated rings. The molecule has 0 N–H and O–H groups in total. The third kappa shape index (κ3) is 3.63. The predicted octanol–water partition coefficient (Wildman–Crippen LogP) is 5.63. The van der Waals surface area contributed by atoms with E-state index >= 15 is 0 Å². The van der Waals surface area contributed by atoms with Crippen molar-refractivity contribution in [2.24, 2.45) is 0 Å². The summed E-state index contributed by atoms with van der Waals surface area (Å²) in [7, 11) is 0. The van der Waals surface area contributed by atoms with Crippen molar-refractivity contribution in [2.75, 3.05) is 0 Å². The Morgan fingerprint density at radius 2 is 1.70 bits per heavy atom. The highest BCUT2D eigenvalue weighted by Gasteiger charge is 2.21. The average Bonchev–Trinajstić information content (AvgIpc) is 2.37. The summed E-state index contributed by atoms with van der Waals surface area (Å²) in [4.78, 5) is 0. The number of ether oxygens (including phenoxy) is 1. The predicted molar refractivity (Wildman–Crippen MR) is 88.4 cm³/mol. The second-order valence-corrected chi connectivity index (χ2v) is 7.00. The van der Waals surface area contributed by atoms with Crippen LogP contribution < -0.4 is 4.74 Å². The first-order chi connectivity index (χ1) is 9.38. The summed E-state index contributed by atoms with van der Waals surface area (Å²) < 4.78 is 7.11.